The third-order valence-corrected chi connectivity index (χ3v) is 10.1. The molecular weight excluding hydrogens is 697 g/mol. The summed E-state index contributed by atoms with van der Waals surface area (Å²) in [5, 5.41) is 18.7. The van der Waals surface area contributed by atoms with Gasteiger partial charge in [0.15, 0.2) is 0 Å². The van der Waals surface area contributed by atoms with Crippen molar-refractivity contribution >= 4 is 35.0 Å². The predicted octanol–water partition coefficient (Wildman–Crippen LogP) is 8.18. The van der Waals surface area contributed by atoms with Gasteiger partial charge in [0.2, 0.25) is 0 Å². The topological polar surface area (TPSA) is 134 Å². The van der Waals surface area contributed by atoms with E-state index < -0.39 is 29.0 Å². The number of nitrogens with zero attached hydrogens (tertiary/aromatic N) is 2. The number of imide groups is 2. The molecule has 2 aliphatic heterocycles. The van der Waals surface area contributed by atoms with Gasteiger partial charge in [0.1, 0.15) is 23.0 Å². The summed E-state index contributed by atoms with van der Waals surface area (Å²) in [6.45, 7) is 3.95. The van der Waals surface area contributed by atoms with Crippen LogP contribution in [0.25, 0.3) is 0 Å². The van der Waals surface area contributed by atoms with Gasteiger partial charge in [0.25, 0.3) is 23.6 Å². The number of carbonyl (C=O) groups is 4. The van der Waals surface area contributed by atoms with E-state index in [2.05, 4.69) is 13.8 Å². The summed E-state index contributed by atoms with van der Waals surface area (Å²) in [5.74, 6) is 0.258. The molecule has 2 N–H and O–H groups in total. The van der Waals surface area contributed by atoms with Crippen molar-refractivity contribution in [2.45, 2.75) is 32.5 Å². The maximum absolute atomic E-state index is 13.3. The molecule has 2 heterocycles. The quantitative estimate of drug-likeness (QED) is 0.135. The van der Waals surface area contributed by atoms with Gasteiger partial charge < -0.3 is 19.7 Å². The zero-order valence-corrected chi connectivity index (χ0v) is 29.9. The second-order valence-corrected chi connectivity index (χ2v) is 13.8. The highest BCUT2D eigenvalue weighted by atomic mass is 16.5. The molecule has 0 bridgehead atoms. The van der Waals surface area contributed by atoms with Gasteiger partial charge in [0.05, 0.1) is 46.8 Å². The molecule has 0 radical (unpaired) electrons. The fourth-order valence-electron chi connectivity index (χ4n) is 6.85. The minimum absolute atomic E-state index is 0.135. The van der Waals surface area contributed by atoms with E-state index in [1.54, 1.807) is 84.9 Å². The van der Waals surface area contributed by atoms with Crippen LogP contribution in [0.4, 0.5) is 11.4 Å². The van der Waals surface area contributed by atoms with Crippen molar-refractivity contribution in [1.82, 2.24) is 0 Å². The third-order valence-electron chi connectivity index (χ3n) is 10.1. The largest absolute Gasteiger partial charge is 0.457 e. The Balaban J connectivity index is 0.927. The van der Waals surface area contributed by atoms with Crippen LogP contribution in [0.3, 0.4) is 0 Å². The maximum Gasteiger partial charge on any atom is 0.266 e. The normalized spacial score (nSPS) is 13.7. The van der Waals surface area contributed by atoms with Crippen molar-refractivity contribution in [1.29, 1.82) is 0 Å². The molecule has 55 heavy (non-hydrogen) atoms. The summed E-state index contributed by atoms with van der Waals surface area (Å²) >= 11 is 0. The number of aliphatic hydroxyl groups is 2. The molecule has 0 spiro atoms. The number of ether oxygens (including phenoxy) is 2. The van der Waals surface area contributed by atoms with E-state index in [0.717, 1.165) is 20.9 Å². The van der Waals surface area contributed by atoms with Crippen LogP contribution in [-0.2, 0) is 18.6 Å². The molecule has 0 unspecified atom stereocenters. The summed E-state index contributed by atoms with van der Waals surface area (Å²) in [6.07, 6.45) is 0. The standard InChI is InChI=1S/C45H34N2O8/c1-45(2,29-7-15-33(16-8-29)54-35-19-21-37-39(23-35)43(52)46(41(37)50)31-11-3-27(25-48)4-12-31)30-9-17-34(18-10-30)55-36-20-22-38-40(24-36)44(53)47(42(38)51)32-13-5-28(26-49)6-14-32/h3-24,48-49H,25-26H2,1-2H3. The molecule has 6 aromatic carbocycles. The third kappa shape index (κ3) is 6.33. The maximum atomic E-state index is 13.3. The van der Waals surface area contributed by atoms with Gasteiger partial charge in [-0.25, -0.2) is 9.80 Å². The van der Waals surface area contributed by atoms with Gasteiger partial charge >= 0.3 is 0 Å². The lowest BCUT2D eigenvalue weighted by atomic mass is 9.78. The van der Waals surface area contributed by atoms with Crippen LogP contribution in [0.15, 0.2) is 133 Å². The van der Waals surface area contributed by atoms with E-state index in [4.69, 9.17) is 9.47 Å². The lowest BCUT2D eigenvalue weighted by Crippen LogP contribution is -2.29. The van der Waals surface area contributed by atoms with Crippen molar-refractivity contribution < 1.29 is 38.9 Å². The van der Waals surface area contributed by atoms with Crippen molar-refractivity contribution in [3.8, 4) is 23.0 Å². The molecular formula is C45H34N2O8. The molecule has 6 aromatic rings. The molecule has 0 fully saturated rings. The van der Waals surface area contributed by atoms with Crippen LogP contribution in [0.2, 0.25) is 0 Å². The van der Waals surface area contributed by atoms with Crippen LogP contribution in [0, 0.1) is 0 Å². The number of anilines is 2. The van der Waals surface area contributed by atoms with Crippen molar-refractivity contribution in [2.24, 2.45) is 0 Å². The Kier molecular flexibility index (Phi) is 8.84. The van der Waals surface area contributed by atoms with Gasteiger partial charge in [-0.05, 0) is 107 Å². The predicted molar refractivity (Wildman–Crippen MR) is 205 cm³/mol. The first kappa shape index (κ1) is 35.2. The van der Waals surface area contributed by atoms with Crippen LogP contribution in [0.5, 0.6) is 23.0 Å². The Morgan fingerprint density at radius 1 is 0.436 bits per heavy atom. The first-order chi connectivity index (χ1) is 26.5. The van der Waals surface area contributed by atoms with E-state index in [9.17, 15) is 29.4 Å². The van der Waals surface area contributed by atoms with Crippen LogP contribution in [0.1, 0.15) is 77.5 Å². The molecule has 8 rings (SSSR count). The fourth-order valence-corrected chi connectivity index (χ4v) is 6.85. The number of benzene rings is 6. The highest BCUT2D eigenvalue weighted by molar-refractivity contribution is 6.35. The highest BCUT2D eigenvalue weighted by Gasteiger charge is 2.38. The Labute approximate surface area is 316 Å². The van der Waals surface area contributed by atoms with E-state index >= 15 is 0 Å². The summed E-state index contributed by atoms with van der Waals surface area (Å²) in [4.78, 5) is 54.9. The summed E-state index contributed by atoms with van der Waals surface area (Å²) in [7, 11) is 0. The fraction of sp³-hybridized carbons (Fsp3) is 0.111. The molecule has 0 atom stereocenters. The Bertz CT molecular complexity index is 2320. The van der Waals surface area contributed by atoms with Gasteiger partial charge in [-0.2, -0.15) is 0 Å². The number of amides is 4. The summed E-state index contributed by atoms with van der Waals surface area (Å²) in [5.41, 5.74) is 4.99. The summed E-state index contributed by atoms with van der Waals surface area (Å²) < 4.78 is 12.2. The molecule has 0 aromatic heterocycles. The monoisotopic (exact) mass is 730 g/mol. The Morgan fingerprint density at radius 3 is 1.11 bits per heavy atom. The number of fused-ring (bicyclic) bond motifs is 2. The van der Waals surface area contributed by atoms with Crippen LogP contribution < -0.4 is 19.3 Å². The number of hydrogen-bond donors (Lipinski definition) is 2. The molecule has 0 aliphatic carbocycles. The van der Waals surface area contributed by atoms with Gasteiger partial charge in [-0.15, -0.1) is 0 Å². The molecule has 2 aliphatic rings. The minimum Gasteiger partial charge on any atom is -0.457 e. The van der Waals surface area contributed by atoms with Gasteiger partial charge in [-0.3, -0.25) is 19.2 Å². The molecule has 4 amide bonds. The number of rotatable bonds is 10. The van der Waals surface area contributed by atoms with Crippen molar-refractivity contribution in [3.05, 3.63) is 178 Å². The SMILES string of the molecule is CC(C)(c1ccc(Oc2ccc3c(c2)C(=O)N(c2ccc(CO)cc2)C3=O)cc1)c1ccc(Oc2ccc3c(c2)C(=O)N(c2ccc(CO)cc2)C3=O)cc1. The van der Waals surface area contributed by atoms with E-state index in [-0.39, 0.29) is 24.3 Å². The second-order valence-electron chi connectivity index (χ2n) is 13.8. The molecule has 10 nitrogen and oxygen atoms in total. The average molecular weight is 731 g/mol. The molecule has 0 saturated carbocycles. The zero-order chi connectivity index (χ0) is 38.4. The molecule has 272 valence electrons. The first-order valence-electron chi connectivity index (χ1n) is 17.6. The molecule has 10 heteroatoms. The van der Waals surface area contributed by atoms with Gasteiger partial charge in [0, 0.05) is 5.41 Å². The van der Waals surface area contributed by atoms with E-state index in [1.165, 1.54) is 0 Å². The lowest BCUT2D eigenvalue weighted by Gasteiger charge is -2.26. The number of aliphatic hydroxyl groups excluding tert-OH is 2. The lowest BCUT2D eigenvalue weighted by molar-refractivity contribution is 0.0910. The van der Waals surface area contributed by atoms with Crippen molar-refractivity contribution in [3.63, 3.8) is 0 Å². The second kappa shape index (κ2) is 13.8. The molecule has 0 saturated heterocycles. The number of hydrogen-bond acceptors (Lipinski definition) is 8. The average Bonchev–Trinajstić information content (AvgIpc) is 3.61. The number of carbonyl (C=O) groups excluding carboxylic acids is 4. The highest BCUT2D eigenvalue weighted by Crippen LogP contribution is 2.37. The zero-order valence-electron chi connectivity index (χ0n) is 29.9. The Hall–Kier alpha value is -6.88. The smallest absolute Gasteiger partial charge is 0.266 e. The van der Waals surface area contributed by atoms with E-state index in [1.807, 2.05) is 48.5 Å². The minimum atomic E-state index is -0.441. The van der Waals surface area contributed by atoms with Crippen LogP contribution >= 0.6 is 0 Å². The first-order valence-corrected chi connectivity index (χ1v) is 17.6. The van der Waals surface area contributed by atoms with Crippen LogP contribution in [-0.4, -0.2) is 33.8 Å². The van der Waals surface area contributed by atoms with E-state index in [0.29, 0.717) is 56.6 Å². The Morgan fingerprint density at radius 2 is 0.764 bits per heavy atom. The van der Waals surface area contributed by atoms with Crippen molar-refractivity contribution in [2.75, 3.05) is 9.80 Å². The van der Waals surface area contributed by atoms with Gasteiger partial charge in [-0.1, -0.05) is 62.4 Å². The summed E-state index contributed by atoms with van der Waals surface area (Å²) in [6, 6.07) is 38.2.